The molecular formula is C22H16N4O. The van der Waals surface area contributed by atoms with Crippen LogP contribution in [0.25, 0.3) is 5.57 Å². The number of benzene rings is 2. The smallest absolute Gasteiger partial charge is 0.288 e. The lowest BCUT2D eigenvalue weighted by Crippen LogP contribution is -2.45. The second-order valence-electron chi connectivity index (χ2n) is 6.10. The summed E-state index contributed by atoms with van der Waals surface area (Å²) in [5.74, 6) is 0. The summed E-state index contributed by atoms with van der Waals surface area (Å²) in [5, 5.41) is 9.48. The zero-order valence-electron chi connectivity index (χ0n) is 14.5. The minimum Gasteiger partial charge on any atom is -0.288 e. The largest absolute Gasteiger partial charge is 0.333 e. The van der Waals surface area contributed by atoms with E-state index in [1.165, 1.54) is 0 Å². The molecule has 130 valence electrons. The lowest BCUT2D eigenvalue weighted by molar-refractivity contribution is 0.253. The van der Waals surface area contributed by atoms with Crippen molar-refractivity contribution in [1.82, 2.24) is 4.98 Å². The van der Waals surface area contributed by atoms with Gasteiger partial charge in [-0.25, -0.2) is 4.79 Å². The molecule has 0 saturated carbocycles. The molecule has 1 aromatic heterocycles. The van der Waals surface area contributed by atoms with Gasteiger partial charge in [0.05, 0.1) is 23.5 Å². The number of hydrogen-bond donors (Lipinski definition) is 0. The fourth-order valence-corrected chi connectivity index (χ4v) is 3.10. The van der Waals surface area contributed by atoms with Crippen LogP contribution in [0, 0.1) is 11.3 Å². The van der Waals surface area contributed by atoms with Gasteiger partial charge < -0.3 is 0 Å². The second-order valence-corrected chi connectivity index (χ2v) is 6.10. The van der Waals surface area contributed by atoms with Gasteiger partial charge in [-0.15, -0.1) is 0 Å². The Morgan fingerprint density at radius 3 is 2.48 bits per heavy atom. The normalized spacial score (nSPS) is 13.9. The topological polar surface area (TPSA) is 60.2 Å². The number of carbonyl (C=O) groups excluding carboxylic acids is 1. The Hall–Kier alpha value is -3.91. The number of carbonyl (C=O) groups is 1. The number of amides is 2. The number of urea groups is 1. The first-order valence-electron chi connectivity index (χ1n) is 8.54. The molecule has 0 spiro atoms. The number of nitrogens with zero attached hydrogens (tertiary/aromatic N) is 4. The van der Waals surface area contributed by atoms with Crippen LogP contribution in [0.5, 0.6) is 0 Å². The molecule has 0 aliphatic carbocycles. The Kier molecular flexibility index (Phi) is 4.38. The molecule has 0 fully saturated rings. The molecule has 4 rings (SSSR count). The highest BCUT2D eigenvalue weighted by molar-refractivity contribution is 6.10. The zero-order chi connectivity index (χ0) is 18.6. The minimum absolute atomic E-state index is 0.198. The maximum absolute atomic E-state index is 13.3. The van der Waals surface area contributed by atoms with E-state index in [2.05, 4.69) is 11.1 Å². The predicted molar refractivity (Wildman–Crippen MR) is 105 cm³/mol. The van der Waals surface area contributed by atoms with Gasteiger partial charge in [0.25, 0.3) is 0 Å². The molecule has 2 amide bonds. The lowest BCUT2D eigenvalue weighted by Gasteiger charge is -2.35. The van der Waals surface area contributed by atoms with Gasteiger partial charge in [0, 0.05) is 18.6 Å². The van der Waals surface area contributed by atoms with Crippen LogP contribution in [0.4, 0.5) is 16.2 Å². The summed E-state index contributed by atoms with van der Waals surface area (Å²) in [6, 6.07) is 22.4. The van der Waals surface area contributed by atoms with Crippen LogP contribution >= 0.6 is 0 Å². The summed E-state index contributed by atoms with van der Waals surface area (Å²) < 4.78 is 0. The maximum atomic E-state index is 13.3. The third-order valence-electron chi connectivity index (χ3n) is 4.43. The van der Waals surface area contributed by atoms with Crippen molar-refractivity contribution in [2.75, 3.05) is 16.3 Å². The van der Waals surface area contributed by atoms with Crippen LogP contribution in [0.3, 0.4) is 0 Å². The Bertz CT molecular complexity index is 1040. The van der Waals surface area contributed by atoms with E-state index in [4.69, 9.17) is 0 Å². The Morgan fingerprint density at radius 1 is 0.963 bits per heavy atom. The standard InChI is InChI=1S/C22H16N4O/c23-13-17-7-4-5-11-21(17)26-16-19(18-8-6-12-24-14-18)15-25(22(26)27)20-9-2-1-3-10-20/h1-12,14-15H,16H2. The molecule has 0 radical (unpaired) electrons. The van der Waals surface area contributed by atoms with Crippen LogP contribution in [0.2, 0.25) is 0 Å². The van der Waals surface area contributed by atoms with Crippen LogP contribution in [-0.2, 0) is 0 Å². The molecule has 27 heavy (non-hydrogen) atoms. The zero-order valence-corrected chi connectivity index (χ0v) is 14.5. The van der Waals surface area contributed by atoms with E-state index < -0.39 is 0 Å². The number of para-hydroxylation sites is 2. The van der Waals surface area contributed by atoms with Crippen LogP contribution in [0.1, 0.15) is 11.1 Å². The predicted octanol–water partition coefficient (Wildman–Crippen LogP) is 4.44. The van der Waals surface area contributed by atoms with Crippen LogP contribution < -0.4 is 9.80 Å². The summed E-state index contributed by atoms with van der Waals surface area (Å²) in [6.45, 7) is 0.368. The van der Waals surface area contributed by atoms with Crippen molar-refractivity contribution in [3.8, 4) is 6.07 Å². The van der Waals surface area contributed by atoms with Gasteiger partial charge in [0.1, 0.15) is 6.07 Å². The number of hydrogen-bond acceptors (Lipinski definition) is 3. The fourth-order valence-electron chi connectivity index (χ4n) is 3.10. The minimum atomic E-state index is -0.198. The molecule has 5 nitrogen and oxygen atoms in total. The van der Waals surface area contributed by atoms with Crippen LogP contribution in [-0.4, -0.2) is 17.6 Å². The summed E-state index contributed by atoms with van der Waals surface area (Å²) in [6.07, 6.45) is 5.34. The van der Waals surface area contributed by atoms with Gasteiger partial charge in [-0.05, 0) is 41.5 Å². The monoisotopic (exact) mass is 352 g/mol. The van der Waals surface area contributed by atoms with E-state index >= 15 is 0 Å². The van der Waals surface area contributed by atoms with Gasteiger partial charge in [0.15, 0.2) is 0 Å². The molecular weight excluding hydrogens is 336 g/mol. The number of nitriles is 1. The summed E-state index contributed by atoms with van der Waals surface area (Å²) in [7, 11) is 0. The molecule has 1 aliphatic rings. The van der Waals surface area contributed by atoms with Gasteiger partial charge in [-0.3, -0.25) is 14.8 Å². The van der Waals surface area contributed by atoms with Gasteiger partial charge in [-0.2, -0.15) is 5.26 Å². The van der Waals surface area contributed by atoms with Crippen molar-refractivity contribution in [2.24, 2.45) is 0 Å². The Balaban J connectivity index is 1.84. The molecule has 0 N–H and O–H groups in total. The molecule has 5 heteroatoms. The molecule has 0 saturated heterocycles. The third kappa shape index (κ3) is 3.16. The lowest BCUT2D eigenvalue weighted by atomic mass is 10.1. The van der Waals surface area contributed by atoms with Crippen molar-refractivity contribution >= 4 is 23.0 Å². The first-order valence-corrected chi connectivity index (χ1v) is 8.54. The Morgan fingerprint density at radius 2 is 1.74 bits per heavy atom. The maximum Gasteiger partial charge on any atom is 0.333 e. The molecule has 0 atom stereocenters. The van der Waals surface area contributed by atoms with Crippen molar-refractivity contribution in [1.29, 1.82) is 5.26 Å². The molecule has 2 heterocycles. The van der Waals surface area contributed by atoms with E-state index in [9.17, 15) is 10.1 Å². The molecule has 2 aromatic carbocycles. The van der Waals surface area contributed by atoms with Crippen molar-refractivity contribution in [3.05, 3.63) is 96.5 Å². The van der Waals surface area contributed by atoms with E-state index in [-0.39, 0.29) is 6.03 Å². The number of pyridine rings is 1. The Labute approximate surface area is 157 Å². The van der Waals surface area contributed by atoms with E-state index in [0.29, 0.717) is 17.8 Å². The first-order chi connectivity index (χ1) is 13.3. The summed E-state index contributed by atoms with van der Waals surface area (Å²) in [4.78, 5) is 20.7. The highest BCUT2D eigenvalue weighted by Crippen LogP contribution is 2.31. The SMILES string of the molecule is N#Cc1ccccc1N1CC(c2cccnc2)=CN(c2ccccc2)C1=O. The molecule has 0 unspecified atom stereocenters. The van der Waals surface area contributed by atoms with Crippen molar-refractivity contribution < 1.29 is 4.79 Å². The quantitative estimate of drug-likeness (QED) is 0.700. The van der Waals surface area contributed by atoms with Gasteiger partial charge in [0.2, 0.25) is 0 Å². The van der Waals surface area contributed by atoms with Crippen LogP contribution in [0.15, 0.2) is 85.3 Å². The first kappa shape index (κ1) is 16.6. The summed E-state index contributed by atoms with van der Waals surface area (Å²) in [5.41, 5.74) is 3.71. The van der Waals surface area contributed by atoms with Gasteiger partial charge >= 0.3 is 6.03 Å². The number of aromatic nitrogens is 1. The molecule has 0 bridgehead atoms. The van der Waals surface area contributed by atoms with E-state index in [0.717, 1.165) is 16.8 Å². The average Bonchev–Trinajstić information content (AvgIpc) is 2.75. The number of rotatable bonds is 3. The molecule has 3 aromatic rings. The van der Waals surface area contributed by atoms with Crippen molar-refractivity contribution in [3.63, 3.8) is 0 Å². The molecule has 1 aliphatic heterocycles. The van der Waals surface area contributed by atoms with Gasteiger partial charge in [-0.1, -0.05) is 36.4 Å². The highest BCUT2D eigenvalue weighted by atomic mass is 16.2. The fraction of sp³-hybridized carbons (Fsp3) is 0.0455. The van der Waals surface area contributed by atoms with E-state index in [1.54, 1.807) is 40.4 Å². The average molecular weight is 352 g/mol. The summed E-state index contributed by atoms with van der Waals surface area (Å²) >= 11 is 0. The third-order valence-corrected chi connectivity index (χ3v) is 4.43. The number of anilines is 2. The highest BCUT2D eigenvalue weighted by Gasteiger charge is 2.30. The van der Waals surface area contributed by atoms with E-state index in [1.807, 2.05) is 54.7 Å². The van der Waals surface area contributed by atoms with Crippen molar-refractivity contribution in [2.45, 2.75) is 0 Å². The second kappa shape index (κ2) is 7.14.